The molecule has 1 rings (SSSR count). The second-order valence-corrected chi connectivity index (χ2v) is 2.39. The molecule has 0 amide bonds. The van der Waals surface area contributed by atoms with Crippen LogP contribution in [0.3, 0.4) is 0 Å². The van der Waals surface area contributed by atoms with Crippen molar-refractivity contribution in [1.82, 2.24) is 0 Å². The average Bonchev–Trinajstić information content (AvgIpc) is 2.03. The van der Waals surface area contributed by atoms with Crippen LogP contribution in [-0.2, 0) is 26.8 Å². The van der Waals surface area contributed by atoms with Crippen LogP contribution in [0.4, 0.5) is 4.79 Å². The van der Waals surface area contributed by atoms with E-state index in [0.29, 0.717) is 0 Å². The Morgan fingerprint density at radius 3 is 2.55 bits per heavy atom. The van der Waals surface area contributed by atoms with Gasteiger partial charge in [-0.3, -0.25) is 0 Å². The average molecular weight is 194 g/mol. The normalized spacial score (nSPS) is 9.27. The van der Waals surface area contributed by atoms with Gasteiger partial charge in [0.25, 0.3) is 0 Å². The van der Waals surface area contributed by atoms with Crippen LogP contribution in [0.15, 0.2) is 30.3 Å². The Hall–Kier alpha value is -0.816. The second kappa shape index (κ2) is 4.14. The number of hydrogen-bond acceptors (Lipinski definition) is 2. The van der Waals surface area contributed by atoms with Gasteiger partial charge in [0.15, 0.2) is 0 Å². The predicted octanol–water partition coefficient (Wildman–Crippen LogP) is 1.87. The van der Waals surface area contributed by atoms with Crippen LogP contribution in [0.2, 0.25) is 0 Å². The number of carbonyl (C=O) groups excluding carboxylic acids is 1. The fourth-order valence-electron chi connectivity index (χ4n) is 0.710. The van der Waals surface area contributed by atoms with E-state index in [9.17, 15) is 4.79 Å². The Morgan fingerprint density at radius 1 is 1.36 bits per heavy atom. The minimum atomic E-state index is -0.617. The SMILES string of the molecule is O=[C]([Ni])OCc1ccccc1. The zero-order valence-corrected chi connectivity index (χ0v) is 6.71. The van der Waals surface area contributed by atoms with Crippen LogP contribution in [0.5, 0.6) is 0 Å². The summed E-state index contributed by atoms with van der Waals surface area (Å²) in [5.74, 6) is 0. The summed E-state index contributed by atoms with van der Waals surface area (Å²) >= 11 is 3.94. The van der Waals surface area contributed by atoms with E-state index in [-0.39, 0.29) is 6.61 Å². The van der Waals surface area contributed by atoms with Crippen molar-refractivity contribution in [2.24, 2.45) is 0 Å². The molecule has 0 saturated heterocycles. The molecule has 0 aliphatic carbocycles. The number of benzene rings is 1. The molecule has 0 heterocycles. The van der Waals surface area contributed by atoms with E-state index in [1.54, 1.807) is 0 Å². The maximum atomic E-state index is 10.2. The Labute approximate surface area is 72.9 Å². The fourth-order valence-corrected chi connectivity index (χ4v) is 0.781. The molecule has 0 aliphatic heterocycles. The van der Waals surface area contributed by atoms with Gasteiger partial charge in [-0.25, -0.2) is 0 Å². The zero-order valence-electron chi connectivity index (χ0n) is 5.73. The number of hydrogen-bond donors (Lipinski definition) is 0. The van der Waals surface area contributed by atoms with Crippen LogP contribution in [-0.4, -0.2) is 4.94 Å². The van der Waals surface area contributed by atoms with Crippen molar-refractivity contribution in [2.75, 3.05) is 0 Å². The molecule has 1 aromatic rings. The Balaban J connectivity index is 2.45. The summed E-state index contributed by atoms with van der Waals surface area (Å²) in [6.07, 6.45) is 0. The van der Waals surface area contributed by atoms with E-state index in [0.717, 1.165) is 5.56 Å². The topological polar surface area (TPSA) is 26.3 Å². The van der Waals surface area contributed by atoms with Crippen LogP contribution in [0.25, 0.3) is 0 Å². The van der Waals surface area contributed by atoms with E-state index >= 15 is 0 Å². The van der Waals surface area contributed by atoms with Crippen LogP contribution in [0.1, 0.15) is 5.56 Å². The molecule has 0 spiro atoms. The Kier molecular flexibility index (Phi) is 3.12. The molecule has 0 radical (unpaired) electrons. The molecule has 0 N–H and O–H groups in total. The van der Waals surface area contributed by atoms with Crippen LogP contribution in [0, 0.1) is 0 Å². The quantitative estimate of drug-likeness (QED) is 0.671. The third kappa shape index (κ3) is 3.19. The van der Waals surface area contributed by atoms with Crippen molar-refractivity contribution in [2.45, 2.75) is 6.61 Å². The molecule has 0 unspecified atom stereocenters. The van der Waals surface area contributed by atoms with Gasteiger partial charge in [-0.2, -0.15) is 0 Å². The number of carbonyl (C=O) groups is 1. The molecular weight excluding hydrogens is 187 g/mol. The Morgan fingerprint density at radius 2 is 2.00 bits per heavy atom. The van der Waals surface area contributed by atoms with Crippen LogP contribution < -0.4 is 0 Å². The number of ether oxygens (including phenoxy) is 1. The van der Waals surface area contributed by atoms with Crippen molar-refractivity contribution >= 4 is 4.94 Å². The summed E-state index contributed by atoms with van der Waals surface area (Å²) in [7, 11) is 0. The first-order chi connectivity index (χ1) is 5.29. The Bertz CT molecular complexity index is 233. The molecule has 61 valence electrons. The van der Waals surface area contributed by atoms with E-state index < -0.39 is 4.94 Å². The van der Waals surface area contributed by atoms with Gasteiger partial charge in [0.2, 0.25) is 0 Å². The van der Waals surface area contributed by atoms with Crippen molar-refractivity contribution in [1.29, 1.82) is 0 Å². The molecule has 0 aromatic heterocycles. The molecular formula is C8H7NiO2. The third-order valence-electron chi connectivity index (χ3n) is 1.19. The van der Waals surface area contributed by atoms with Gasteiger partial charge in [0.1, 0.15) is 0 Å². The summed E-state index contributed by atoms with van der Waals surface area (Å²) in [6.45, 7) is 0.277. The van der Waals surface area contributed by atoms with E-state index in [2.05, 4.69) is 20.2 Å². The maximum absolute atomic E-state index is 10.2. The first-order valence-electron chi connectivity index (χ1n) is 3.12. The van der Waals surface area contributed by atoms with Gasteiger partial charge in [0.05, 0.1) is 0 Å². The molecule has 3 heteroatoms. The molecule has 0 bridgehead atoms. The van der Waals surface area contributed by atoms with E-state index in [1.165, 1.54) is 0 Å². The zero-order chi connectivity index (χ0) is 8.10. The molecule has 2 nitrogen and oxygen atoms in total. The molecule has 11 heavy (non-hydrogen) atoms. The standard InChI is InChI=1S/C8H7O2.Ni/c9-7-10-6-8-4-2-1-3-5-8;/h1-5H,6H2;. The third-order valence-corrected chi connectivity index (χ3v) is 1.33. The summed E-state index contributed by atoms with van der Waals surface area (Å²) < 4.78 is 4.62. The van der Waals surface area contributed by atoms with Crippen molar-refractivity contribution in [3.05, 3.63) is 35.9 Å². The molecule has 0 saturated carbocycles. The molecule has 0 aliphatic rings. The summed E-state index contributed by atoms with van der Waals surface area (Å²) in [5, 5.41) is 0. The van der Waals surface area contributed by atoms with Gasteiger partial charge in [0, 0.05) is 0 Å². The van der Waals surface area contributed by atoms with Crippen molar-refractivity contribution in [3.63, 3.8) is 0 Å². The fraction of sp³-hybridized carbons (Fsp3) is 0.125. The summed E-state index contributed by atoms with van der Waals surface area (Å²) in [5.41, 5.74) is 0.956. The monoisotopic (exact) mass is 193 g/mol. The predicted molar refractivity (Wildman–Crippen MR) is 36.6 cm³/mol. The van der Waals surface area contributed by atoms with Crippen molar-refractivity contribution in [3.8, 4) is 0 Å². The van der Waals surface area contributed by atoms with Gasteiger partial charge in [-0.05, 0) is 0 Å². The van der Waals surface area contributed by atoms with Gasteiger partial charge >= 0.3 is 72.4 Å². The number of rotatable bonds is 2. The van der Waals surface area contributed by atoms with Crippen molar-refractivity contribution < 1.29 is 25.0 Å². The van der Waals surface area contributed by atoms with E-state index in [4.69, 9.17) is 0 Å². The first kappa shape index (κ1) is 8.28. The van der Waals surface area contributed by atoms with Gasteiger partial charge < -0.3 is 0 Å². The molecule has 1 aromatic carbocycles. The molecule has 0 fully saturated rings. The first-order valence-corrected chi connectivity index (χ1v) is 3.61. The minimum absolute atomic E-state index is 0.277. The second-order valence-electron chi connectivity index (χ2n) is 1.99. The van der Waals surface area contributed by atoms with Crippen LogP contribution >= 0.6 is 0 Å². The van der Waals surface area contributed by atoms with E-state index in [1.807, 2.05) is 30.3 Å². The van der Waals surface area contributed by atoms with Gasteiger partial charge in [-0.1, -0.05) is 0 Å². The molecule has 0 atom stereocenters. The summed E-state index contributed by atoms with van der Waals surface area (Å²) in [6, 6.07) is 9.43. The summed E-state index contributed by atoms with van der Waals surface area (Å²) in [4.78, 5) is 9.61. The van der Waals surface area contributed by atoms with Gasteiger partial charge in [-0.15, -0.1) is 0 Å².